The summed E-state index contributed by atoms with van der Waals surface area (Å²) in [5.74, 6) is 0.568. The Hall–Kier alpha value is -2.89. The number of hydrogen-bond donors (Lipinski definition) is 4. The Balaban J connectivity index is 1.64. The average Bonchev–Trinajstić information content (AvgIpc) is 3.30. The lowest BCUT2D eigenvalue weighted by Gasteiger charge is -2.14. The molecule has 4 N–H and O–H groups in total. The molecule has 0 saturated heterocycles. The summed E-state index contributed by atoms with van der Waals surface area (Å²) < 4.78 is 57.1. The number of aromatic amines is 1. The summed E-state index contributed by atoms with van der Waals surface area (Å²) in [6.45, 7) is 3.72. The second-order valence-electron chi connectivity index (χ2n) is 8.15. The molecule has 1 heterocycles. The van der Waals surface area contributed by atoms with Gasteiger partial charge in [0.1, 0.15) is 6.10 Å². The molecule has 1 amide bonds. The van der Waals surface area contributed by atoms with Crippen molar-refractivity contribution >= 4 is 33.3 Å². The Morgan fingerprint density at radius 2 is 2.00 bits per heavy atom. The standard InChI is InChI=1S/C20H27F2N5O4S/c1-11(2)23-20(28)31-14-6-4-12(8-14)17-10-18(26-25-17)24-13-5-7-16(27-32(3,29)30)15(9-13)19(21)22/h5,7,9-12,14,19,27H,4,6,8H2,1-3H3,(H,23,28)(H2,24,25,26). The number of amides is 1. The van der Waals surface area contributed by atoms with Gasteiger partial charge in [-0.2, -0.15) is 5.10 Å². The molecule has 3 rings (SSSR count). The van der Waals surface area contributed by atoms with Gasteiger partial charge in [-0.1, -0.05) is 0 Å². The van der Waals surface area contributed by atoms with E-state index in [0.717, 1.165) is 24.8 Å². The molecule has 0 spiro atoms. The molecule has 1 aliphatic carbocycles. The minimum absolute atomic E-state index is 0.00254. The van der Waals surface area contributed by atoms with Crippen LogP contribution in [0.3, 0.4) is 0 Å². The maximum Gasteiger partial charge on any atom is 0.407 e. The van der Waals surface area contributed by atoms with E-state index in [0.29, 0.717) is 17.9 Å². The molecule has 2 unspecified atom stereocenters. The zero-order valence-corrected chi connectivity index (χ0v) is 18.8. The van der Waals surface area contributed by atoms with Crippen molar-refractivity contribution < 1.29 is 26.7 Å². The van der Waals surface area contributed by atoms with Crippen LogP contribution in [0.2, 0.25) is 0 Å². The van der Waals surface area contributed by atoms with Crippen molar-refractivity contribution in [2.24, 2.45) is 0 Å². The van der Waals surface area contributed by atoms with Crippen LogP contribution in [0.5, 0.6) is 0 Å². The second kappa shape index (κ2) is 9.72. The molecule has 0 bridgehead atoms. The quantitative estimate of drug-likeness (QED) is 0.457. The number of hydrogen-bond acceptors (Lipinski definition) is 6. The second-order valence-corrected chi connectivity index (χ2v) is 9.90. The first-order valence-corrected chi connectivity index (χ1v) is 12.1. The number of nitrogens with one attached hydrogen (secondary N) is 4. The van der Waals surface area contributed by atoms with E-state index in [1.807, 2.05) is 13.8 Å². The number of alkyl halides is 2. The van der Waals surface area contributed by atoms with Crippen molar-refractivity contribution in [3.05, 3.63) is 35.5 Å². The number of ether oxygens (including phenoxy) is 1. The van der Waals surface area contributed by atoms with Crippen LogP contribution in [0.4, 0.5) is 30.8 Å². The number of H-pyrrole nitrogens is 1. The van der Waals surface area contributed by atoms with Crippen molar-refractivity contribution in [3.63, 3.8) is 0 Å². The summed E-state index contributed by atoms with van der Waals surface area (Å²) in [6.07, 6.45) is -0.348. The Kier molecular flexibility index (Phi) is 7.22. The lowest BCUT2D eigenvalue weighted by Crippen LogP contribution is -2.33. The number of nitrogens with zero attached hydrogens (tertiary/aromatic N) is 1. The summed E-state index contributed by atoms with van der Waals surface area (Å²) in [5.41, 5.74) is 0.587. The number of carbonyl (C=O) groups is 1. The van der Waals surface area contributed by atoms with Crippen LogP contribution >= 0.6 is 0 Å². The highest BCUT2D eigenvalue weighted by Gasteiger charge is 2.30. The third kappa shape index (κ3) is 6.55. The topological polar surface area (TPSA) is 125 Å². The van der Waals surface area contributed by atoms with Gasteiger partial charge in [0.2, 0.25) is 10.0 Å². The molecule has 12 heteroatoms. The SMILES string of the molecule is CC(C)NC(=O)OC1CCC(c2cc(Nc3ccc(NS(C)(=O)=O)c(C(F)F)c3)n[nH]2)C1. The van der Waals surface area contributed by atoms with E-state index in [2.05, 4.69) is 25.6 Å². The molecule has 1 aromatic carbocycles. The normalized spacial score (nSPS) is 18.7. The average molecular weight is 472 g/mol. The summed E-state index contributed by atoms with van der Waals surface area (Å²) in [5, 5.41) is 12.8. The molecular weight excluding hydrogens is 444 g/mol. The van der Waals surface area contributed by atoms with Crippen molar-refractivity contribution in [2.75, 3.05) is 16.3 Å². The smallest absolute Gasteiger partial charge is 0.407 e. The van der Waals surface area contributed by atoms with E-state index in [1.165, 1.54) is 18.2 Å². The van der Waals surface area contributed by atoms with Crippen LogP contribution in [0.25, 0.3) is 0 Å². The number of rotatable bonds is 8. The van der Waals surface area contributed by atoms with Crippen molar-refractivity contribution in [1.29, 1.82) is 0 Å². The highest BCUT2D eigenvalue weighted by atomic mass is 32.2. The van der Waals surface area contributed by atoms with Crippen LogP contribution in [-0.2, 0) is 14.8 Å². The lowest BCUT2D eigenvalue weighted by atomic mass is 10.0. The highest BCUT2D eigenvalue weighted by Crippen LogP contribution is 2.36. The Morgan fingerprint density at radius 3 is 2.66 bits per heavy atom. The number of anilines is 3. The fourth-order valence-corrected chi connectivity index (χ4v) is 4.21. The number of halogens is 2. The molecule has 0 radical (unpaired) electrons. The Labute approximate surface area is 185 Å². The van der Waals surface area contributed by atoms with Gasteiger partial charge in [0.05, 0.1) is 11.9 Å². The first-order valence-electron chi connectivity index (χ1n) is 10.2. The Morgan fingerprint density at radius 1 is 1.25 bits per heavy atom. The largest absolute Gasteiger partial charge is 0.446 e. The molecule has 1 aliphatic rings. The van der Waals surface area contributed by atoms with Gasteiger partial charge in [-0.3, -0.25) is 9.82 Å². The molecule has 9 nitrogen and oxygen atoms in total. The third-order valence-corrected chi connectivity index (χ3v) is 5.55. The molecule has 176 valence electrons. The van der Waals surface area contributed by atoms with Crippen LogP contribution in [0.1, 0.15) is 56.7 Å². The number of sulfonamides is 1. The van der Waals surface area contributed by atoms with Gasteiger partial charge in [-0.05, 0) is 51.3 Å². The first kappa shape index (κ1) is 23.8. The number of benzene rings is 1. The van der Waals surface area contributed by atoms with E-state index in [-0.39, 0.29) is 23.8 Å². The predicted molar refractivity (Wildman–Crippen MR) is 117 cm³/mol. The zero-order valence-electron chi connectivity index (χ0n) is 18.0. The third-order valence-electron chi connectivity index (χ3n) is 4.96. The number of aromatic nitrogens is 2. The number of alkyl carbamates (subject to hydrolysis) is 1. The monoisotopic (exact) mass is 471 g/mol. The molecule has 1 saturated carbocycles. The van der Waals surface area contributed by atoms with Crippen molar-refractivity contribution in [1.82, 2.24) is 15.5 Å². The van der Waals surface area contributed by atoms with Gasteiger partial charge in [0.15, 0.2) is 5.82 Å². The molecule has 1 aromatic heterocycles. The Bertz CT molecular complexity index is 1060. The zero-order chi connectivity index (χ0) is 23.5. The van der Waals surface area contributed by atoms with E-state index in [9.17, 15) is 22.0 Å². The minimum atomic E-state index is -3.69. The summed E-state index contributed by atoms with van der Waals surface area (Å²) in [7, 11) is -3.69. The fourth-order valence-electron chi connectivity index (χ4n) is 3.62. The number of carbonyl (C=O) groups excluding carboxylic acids is 1. The van der Waals surface area contributed by atoms with Crippen LogP contribution in [-0.4, -0.2) is 43.1 Å². The van der Waals surface area contributed by atoms with Gasteiger partial charge in [-0.15, -0.1) is 0 Å². The van der Waals surface area contributed by atoms with Crippen LogP contribution in [0.15, 0.2) is 24.3 Å². The fraction of sp³-hybridized carbons (Fsp3) is 0.500. The van der Waals surface area contributed by atoms with Gasteiger partial charge in [0.25, 0.3) is 6.43 Å². The van der Waals surface area contributed by atoms with E-state index >= 15 is 0 Å². The molecule has 32 heavy (non-hydrogen) atoms. The predicted octanol–water partition coefficient (Wildman–Crippen LogP) is 4.23. The maximum absolute atomic E-state index is 13.4. The van der Waals surface area contributed by atoms with E-state index in [4.69, 9.17) is 4.74 Å². The maximum atomic E-state index is 13.4. The minimum Gasteiger partial charge on any atom is -0.446 e. The summed E-state index contributed by atoms with van der Waals surface area (Å²) >= 11 is 0. The molecule has 2 aromatic rings. The van der Waals surface area contributed by atoms with Gasteiger partial charge in [0, 0.05) is 35.0 Å². The first-order chi connectivity index (χ1) is 15.0. The lowest BCUT2D eigenvalue weighted by molar-refractivity contribution is 0.0981. The molecular formula is C20H27F2N5O4S. The van der Waals surface area contributed by atoms with E-state index < -0.39 is 28.1 Å². The molecule has 2 atom stereocenters. The summed E-state index contributed by atoms with van der Waals surface area (Å²) in [6, 6.07) is 5.73. The van der Waals surface area contributed by atoms with Crippen molar-refractivity contribution in [3.8, 4) is 0 Å². The molecule has 1 fully saturated rings. The molecule has 0 aliphatic heterocycles. The highest BCUT2D eigenvalue weighted by molar-refractivity contribution is 7.92. The van der Waals surface area contributed by atoms with E-state index in [1.54, 1.807) is 6.07 Å². The van der Waals surface area contributed by atoms with Gasteiger partial charge in [-0.25, -0.2) is 22.0 Å². The van der Waals surface area contributed by atoms with Crippen molar-refractivity contribution in [2.45, 2.75) is 57.6 Å². The van der Waals surface area contributed by atoms with Crippen LogP contribution in [0, 0.1) is 0 Å². The van der Waals surface area contributed by atoms with Crippen LogP contribution < -0.4 is 15.4 Å². The van der Waals surface area contributed by atoms with Gasteiger partial charge < -0.3 is 15.4 Å². The van der Waals surface area contributed by atoms with Gasteiger partial charge >= 0.3 is 6.09 Å². The summed E-state index contributed by atoms with van der Waals surface area (Å²) in [4.78, 5) is 11.8.